The molecular formula is C24H28F3N5O3S. The minimum atomic E-state index is -4.44. The minimum absolute atomic E-state index is 0.0852. The highest BCUT2D eigenvalue weighted by Crippen LogP contribution is 2.34. The van der Waals surface area contributed by atoms with E-state index in [-0.39, 0.29) is 23.5 Å². The molecule has 0 aliphatic carbocycles. The van der Waals surface area contributed by atoms with Gasteiger partial charge in [-0.05, 0) is 24.1 Å². The van der Waals surface area contributed by atoms with Gasteiger partial charge in [0.15, 0.2) is 9.84 Å². The number of morpholine rings is 1. The van der Waals surface area contributed by atoms with Crippen LogP contribution in [0.25, 0.3) is 5.78 Å². The molecule has 2 fully saturated rings. The summed E-state index contributed by atoms with van der Waals surface area (Å²) in [5, 5.41) is 0. The van der Waals surface area contributed by atoms with Crippen molar-refractivity contribution in [1.82, 2.24) is 19.3 Å². The number of ether oxygens (including phenoxy) is 1. The number of halogens is 3. The summed E-state index contributed by atoms with van der Waals surface area (Å²) >= 11 is 0. The molecule has 0 bridgehead atoms. The van der Waals surface area contributed by atoms with Crippen molar-refractivity contribution in [3.63, 3.8) is 0 Å². The van der Waals surface area contributed by atoms with Crippen LogP contribution in [-0.2, 0) is 33.7 Å². The Bertz CT molecular complexity index is 1350. The van der Waals surface area contributed by atoms with E-state index in [0.717, 1.165) is 30.5 Å². The Kier molecular flexibility index (Phi) is 6.69. The first-order valence-corrected chi connectivity index (χ1v) is 13.7. The first-order valence-electron chi connectivity index (χ1n) is 11.9. The molecule has 12 heteroatoms. The zero-order valence-corrected chi connectivity index (χ0v) is 20.8. The van der Waals surface area contributed by atoms with Crippen LogP contribution < -0.4 is 4.90 Å². The summed E-state index contributed by atoms with van der Waals surface area (Å²) in [6.45, 7) is 5.35. The lowest BCUT2D eigenvalue weighted by Gasteiger charge is -2.28. The fourth-order valence-corrected chi connectivity index (χ4v) is 6.07. The van der Waals surface area contributed by atoms with E-state index in [1.54, 1.807) is 12.3 Å². The molecule has 2 aliphatic heterocycles. The smallest absolute Gasteiger partial charge is 0.378 e. The lowest BCUT2D eigenvalue weighted by atomic mass is 9.98. The number of hydrogen-bond donors (Lipinski definition) is 0. The third-order valence-electron chi connectivity index (χ3n) is 6.94. The fraction of sp³-hybridized carbons (Fsp3) is 0.500. The predicted molar refractivity (Wildman–Crippen MR) is 129 cm³/mol. The van der Waals surface area contributed by atoms with Crippen LogP contribution in [0.4, 0.5) is 18.9 Å². The van der Waals surface area contributed by atoms with Gasteiger partial charge >= 0.3 is 6.18 Å². The normalized spacial score (nSPS) is 19.2. The molecule has 2 aromatic heterocycles. The number of alkyl halides is 3. The molecule has 8 nitrogen and oxygen atoms in total. The Morgan fingerprint density at radius 1 is 1.08 bits per heavy atom. The second-order valence-electron chi connectivity index (χ2n) is 9.28. The average Bonchev–Trinajstić information content (AvgIpc) is 3.17. The van der Waals surface area contributed by atoms with Crippen LogP contribution in [0.5, 0.6) is 0 Å². The number of fused-ring (bicyclic) bond motifs is 1. The molecular weight excluding hydrogens is 495 g/mol. The largest absolute Gasteiger partial charge is 0.416 e. The first kappa shape index (κ1) is 25.0. The molecule has 0 radical (unpaired) electrons. The lowest BCUT2D eigenvalue weighted by molar-refractivity contribution is -0.138. The van der Waals surface area contributed by atoms with Gasteiger partial charge in [-0.25, -0.2) is 18.4 Å². The molecule has 5 rings (SSSR count). The van der Waals surface area contributed by atoms with Gasteiger partial charge in [-0.15, -0.1) is 0 Å². The van der Waals surface area contributed by atoms with Crippen molar-refractivity contribution in [1.29, 1.82) is 0 Å². The standard InChI is InChI=1S/C24H28F3N5O3S/c1-17-18(3-2-4-20(17)24(25,26)27)13-22-21(16-30-7-11-36(33,34)12-8-30)29-23-28-14-19(15-32(22)23)31-5-9-35-10-6-31/h2-4,14-15H,5-13,16H2,1H3. The van der Waals surface area contributed by atoms with Crippen LogP contribution in [-0.4, -0.2) is 78.6 Å². The number of nitrogens with zero attached hydrogens (tertiary/aromatic N) is 5. The van der Waals surface area contributed by atoms with Gasteiger partial charge in [0.05, 0.1) is 53.6 Å². The van der Waals surface area contributed by atoms with Gasteiger partial charge in [-0.1, -0.05) is 12.1 Å². The Morgan fingerprint density at radius 2 is 1.81 bits per heavy atom. The maximum Gasteiger partial charge on any atom is 0.416 e. The lowest BCUT2D eigenvalue weighted by Crippen LogP contribution is -2.39. The van der Waals surface area contributed by atoms with E-state index in [2.05, 4.69) is 9.88 Å². The van der Waals surface area contributed by atoms with Crippen LogP contribution >= 0.6 is 0 Å². The Hall–Kier alpha value is -2.70. The predicted octanol–water partition coefficient (Wildman–Crippen LogP) is 2.71. The third kappa shape index (κ3) is 5.21. The highest BCUT2D eigenvalue weighted by molar-refractivity contribution is 7.91. The van der Waals surface area contributed by atoms with Crippen molar-refractivity contribution in [3.05, 3.63) is 58.7 Å². The summed E-state index contributed by atoms with van der Waals surface area (Å²) in [6, 6.07) is 4.24. The van der Waals surface area contributed by atoms with Gasteiger partial charge in [0, 0.05) is 45.3 Å². The highest BCUT2D eigenvalue weighted by Gasteiger charge is 2.33. The molecule has 0 saturated carbocycles. The van der Waals surface area contributed by atoms with Gasteiger partial charge in [0.1, 0.15) is 0 Å². The number of anilines is 1. The molecule has 0 unspecified atom stereocenters. The number of hydrogen-bond acceptors (Lipinski definition) is 7. The van der Waals surface area contributed by atoms with Crippen molar-refractivity contribution < 1.29 is 26.3 Å². The number of imidazole rings is 1. The van der Waals surface area contributed by atoms with Crippen molar-refractivity contribution in [2.45, 2.75) is 26.1 Å². The number of sulfone groups is 1. The number of rotatable bonds is 5. The maximum absolute atomic E-state index is 13.6. The molecule has 0 atom stereocenters. The molecule has 36 heavy (non-hydrogen) atoms. The summed E-state index contributed by atoms with van der Waals surface area (Å²) in [7, 11) is -3.04. The van der Waals surface area contributed by atoms with E-state index in [1.807, 2.05) is 15.5 Å². The summed E-state index contributed by atoms with van der Waals surface area (Å²) in [5.74, 6) is 0.635. The van der Waals surface area contributed by atoms with Crippen LogP contribution in [0.1, 0.15) is 28.1 Å². The molecule has 1 aromatic carbocycles. The van der Waals surface area contributed by atoms with Crippen molar-refractivity contribution >= 4 is 21.3 Å². The second-order valence-corrected chi connectivity index (χ2v) is 11.6. The molecule has 2 saturated heterocycles. The van der Waals surface area contributed by atoms with E-state index in [0.29, 0.717) is 49.9 Å². The third-order valence-corrected chi connectivity index (χ3v) is 8.55. The Morgan fingerprint density at radius 3 is 2.50 bits per heavy atom. The molecule has 194 valence electrons. The van der Waals surface area contributed by atoms with Crippen LogP contribution in [0.3, 0.4) is 0 Å². The van der Waals surface area contributed by atoms with E-state index in [1.165, 1.54) is 13.0 Å². The van der Waals surface area contributed by atoms with Crippen molar-refractivity contribution in [2.75, 3.05) is 55.8 Å². The van der Waals surface area contributed by atoms with Crippen LogP contribution in [0, 0.1) is 6.92 Å². The summed E-state index contributed by atoms with van der Waals surface area (Å²) in [6.07, 6.45) is -0.507. The molecule has 0 N–H and O–H groups in total. The summed E-state index contributed by atoms with van der Waals surface area (Å²) < 4.78 is 71.8. The number of benzene rings is 1. The Balaban J connectivity index is 1.54. The van der Waals surface area contributed by atoms with Gasteiger partial charge in [-0.3, -0.25) is 9.30 Å². The van der Waals surface area contributed by atoms with Crippen LogP contribution in [0.2, 0.25) is 0 Å². The highest BCUT2D eigenvalue weighted by atomic mass is 32.2. The topological polar surface area (TPSA) is 80.0 Å². The first-order chi connectivity index (χ1) is 17.1. The van der Waals surface area contributed by atoms with E-state index in [9.17, 15) is 21.6 Å². The van der Waals surface area contributed by atoms with E-state index in [4.69, 9.17) is 9.72 Å². The summed E-state index contributed by atoms with van der Waals surface area (Å²) in [5.41, 5.74) is 2.43. The molecule has 3 aromatic rings. The van der Waals surface area contributed by atoms with E-state index < -0.39 is 21.6 Å². The SMILES string of the molecule is Cc1c(Cc2c(CN3CCS(=O)(=O)CC3)nc3ncc(N4CCOCC4)cn23)cccc1C(F)(F)F. The number of aromatic nitrogens is 3. The Labute approximate surface area is 207 Å². The van der Waals surface area contributed by atoms with Gasteiger partial charge < -0.3 is 9.64 Å². The molecule has 4 heterocycles. The van der Waals surface area contributed by atoms with Gasteiger partial charge in [-0.2, -0.15) is 13.2 Å². The molecule has 0 spiro atoms. The second kappa shape index (κ2) is 9.64. The zero-order valence-electron chi connectivity index (χ0n) is 20.0. The fourth-order valence-electron chi connectivity index (χ4n) is 4.80. The van der Waals surface area contributed by atoms with Gasteiger partial charge in [0.2, 0.25) is 5.78 Å². The van der Waals surface area contributed by atoms with Crippen LogP contribution in [0.15, 0.2) is 30.6 Å². The monoisotopic (exact) mass is 523 g/mol. The van der Waals surface area contributed by atoms with Gasteiger partial charge in [0.25, 0.3) is 0 Å². The molecule has 0 amide bonds. The molecule has 2 aliphatic rings. The maximum atomic E-state index is 13.6. The van der Waals surface area contributed by atoms with Crippen molar-refractivity contribution in [2.24, 2.45) is 0 Å². The average molecular weight is 524 g/mol. The zero-order chi connectivity index (χ0) is 25.5. The van der Waals surface area contributed by atoms with E-state index >= 15 is 0 Å². The van der Waals surface area contributed by atoms with Crippen molar-refractivity contribution in [3.8, 4) is 0 Å². The minimum Gasteiger partial charge on any atom is -0.378 e. The quantitative estimate of drug-likeness (QED) is 0.509. The summed E-state index contributed by atoms with van der Waals surface area (Å²) in [4.78, 5) is 13.5.